The third-order valence-corrected chi connectivity index (χ3v) is 7.22. The molecule has 0 radical (unpaired) electrons. The smallest absolute Gasteiger partial charge is 0.184 e. The molecule has 3 aliphatic carbocycles. The van der Waals surface area contributed by atoms with Crippen LogP contribution in [0.2, 0.25) is 0 Å². The third kappa shape index (κ3) is 2.96. The maximum Gasteiger partial charge on any atom is 0.184 e. The molecular weight excluding hydrogens is 398 g/mol. The van der Waals surface area contributed by atoms with Gasteiger partial charge >= 0.3 is 0 Å². The quantitative estimate of drug-likeness (QED) is 0.483. The molecule has 3 saturated carbocycles. The van der Waals surface area contributed by atoms with Crippen LogP contribution in [-0.2, 0) is 0 Å². The Morgan fingerprint density at radius 1 is 1.00 bits per heavy atom. The van der Waals surface area contributed by atoms with Gasteiger partial charge in [0, 0.05) is 41.6 Å². The Balaban J connectivity index is 1.49. The molecule has 3 fully saturated rings. The molecule has 0 spiro atoms. The van der Waals surface area contributed by atoms with E-state index < -0.39 is 11.6 Å². The largest absolute Gasteiger partial charge is 0.365 e. The summed E-state index contributed by atoms with van der Waals surface area (Å²) in [6.45, 7) is 2.31. The van der Waals surface area contributed by atoms with E-state index in [0.29, 0.717) is 51.6 Å². The predicted octanol–water partition coefficient (Wildman–Crippen LogP) is 5.08. The van der Waals surface area contributed by atoms with Crippen molar-refractivity contribution in [2.45, 2.75) is 38.6 Å². The van der Waals surface area contributed by atoms with E-state index >= 15 is 0 Å². The maximum atomic E-state index is 14.2. The molecule has 3 aliphatic rings. The fraction of sp³-hybridized carbons (Fsp3) is 0.391. The van der Waals surface area contributed by atoms with Crippen LogP contribution in [0.3, 0.4) is 0 Å². The highest BCUT2D eigenvalue weighted by Gasteiger charge is 2.41. The van der Waals surface area contributed by atoms with Crippen molar-refractivity contribution >= 4 is 27.9 Å². The molecule has 3 heterocycles. The number of aromatic nitrogens is 5. The van der Waals surface area contributed by atoms with Gasteiger partial charge in [0.05, 0.1) is 5.52 Å². The molecule has 0 saturated heterocycles. The molecule has 4 aromatic rings. The number of hydrogen-bond donors (Lipinski definition) is 2. The lowest BCUT2D eigenvalue weighted by atomic mass is 9.62. The predicted molar refractivity (Wildman–Crippen MR) is 114 cm³/mol. The highest BCUT2D eigenvalue weighted by molar-refractivity contribution is 5.95. The topological polar surface area (TPSA) is 79.4 Å². The molecule has 0 amide bonds. The molecule has 7 rings (SSSR count). The molecule has 2 N–H and O–H groups in total. The maximum absolute atomic E-state index is 14.2. The van der Waals surface area contributed by atoms with Crippen LogP contribution in [0.25, 0.3) is 33.5 Å². The van der Waals surface area contributed by atoms with Crippen LogP contribution in [0, 0.1) is 29.4 Å². The number of fused-ring (bicyclic) bond motifs is 5. The molecule has 31 heavy (non-hydrogen) atoms. The Morgan fingerprint density at radius 2 is 1.77 bits per heavy atom. The second kappa shape index (κ2) is 6.93. The Hall–Kier alpha value is -3.16. The number of nitrogens with zero attached hydrogens (tertiary/aromatic N) is 4. The van der Waals surface area contributed by atoms with E-state index in [1.807, 2.05) is 0 Å². The van der Waals surface area contributed by atoms with Crippen molar-refractivity contribution < 1.29 is 8.78 Å². The highest BCUT2D eigenvalue weighted by atomic mass is 19.1. The number of benzene rings is 1. The number of anilines is 1. The van der Waals surface area contributed by atoms with Gasteiger partial charge in [-0.1, -0.05) is 6.92 Å². The van der Waals surface area contributed by atoms with Crippen LogP contribution < -0.4 is 5.32 Å². The van der Waals surface area contributed by atoms with E-state index in [1.165, 1.54) is 31.7 Å². The van der Waals surface area contributed by atoms with Crippen molar-refractivity contribution in [3.05, 3.63) is 42.4 Å². The van der Waals surface area contributed by atoms with Crippen molar-refractivity contribution in [3.63, 3.8) is 0 Å². The molecule has 0 aliphatic heterocycles. The molecule has 3 aromatic heterocycles. The molecule has 6 nitrogen and oxygen atoms in total. The summed E-state index contributed by atoms with van der Waals surface area (Å²) in [7, 11) is 0. The number of aromatic amines is 1. The zero-order valence-corrected chi connectivity index (χ0v) is 17.1. The van der Waals surface area contributed by atoms with Gasteiger partial charge in [0.15, 0.2) is 17.3 Å². The Morgan fingerprint density at radius 3 is 2.58 bits per heavy atom. The van der Waals surface area contributed by atoms with E-state index in [9.17, 15) is 8.78 Å². The van der Waals surface area contributed by atoms with Crippen molar-refractivity contribution in [1.82, 2.24) is 24.9 Å². The minimum atomic E-state index is -0.646. The van der Waals surface area contributed by atoms with Crippen molar-refractivity contribution in [1.29, 1.82) is 0 Å². The van der Waals surface area contributed by atoms with E-state index in [2.05, 4.69) is 32.2 Å². The summed E-state index contributed by atoms with van der Waals surface area (Å²) in [5.74, 6) is 1.60. The first-order valence-electron chi connectivity index (χ1n) is 10.8. The minimum Gasteiger partial charge on any atom is -0.365 e. The Kier molecular flexibility index (Phi) is 4.16. The number of halogens is 2. The Bertz CT molecular complexity index is 1290. The summed E-state index contributed by atoms with van der Waals surface area (Å²) in [4.78, 5) is 21.1. The summed E-state index contributed by atoms with van der Waals surface area (Å²) in [5.41, 5.74) is 1.82. The summed E-state index contributed by atoms with van der Waals surface area (Å²) in [6.07, 6.45) is 9.88. The highest BCUT2D eigenvalue weighted by Crippen LogP contribution is 2.46. The van der Waals surface area contributed by atoms with E-state index in [1.54, 1.807) is 18.6 Å². The van der Waals surface area contributed by atoms with E-state index in [-0.39, 0.29) is 5.52 Å². The molecule has 2 bridgehead atoms. The van der Waals surface area contributed by atoms with Crippen molar-refractivity contribution in [2.24, 2.45) is 17.8 Å². The van der Waals surface area contributed by atoms with Crippen molar-refractivity contribution in [2.75, 3.05) is 5.32 Å². The van der Waals surface area contributed by atoms with E-state index in [0.717, 1.165) is 12.0 Å². The second-order valence-corrected chi connectivity index (χ2v) is 8.84. The van der Waals surface area contributed by atoms with Gasteiger partial charge in [-0.05, 0) is 49.5 Å². The second-order valence-electron chi connectivity index (χ2n) is 8.84. The standard InChI is InChI=1S/C23H22F2N6/c1-11-12-2-4-13(5-3-12)18(11)29-23-20-22(27-7-6-26-20)30-21(31-23)16-10-28-19-15(16)8-14(24)9-17(19)25/h6-13,18,28H,2-5H2,1H3,(H,27,29,30,31)/t11-,12?,13?,18+/m1/s1. The van der Waals surface area contributed by atoms with Crippen LogP contribution in [0.4, 0.5) is 14.6 Å². The zero-order chi connectivity index (χ0) is 21.1. The summed E-state index contributed by atoms with van der Waals surface area (Å²) >= 11 is 0. The van der Waals surface area contributed by atoms with Gasteiger partial charge in [0.25, 0.3) is 0 Å². The SMILES string of the molecule is C[C@@H]1C2CCC(CC2)[C@H]1Nc1nc(-c2c[nH]c3c(F)cc(F)cc23)nc2nccnc12. The number of rotatable bonds is 3. The third-order valence-electron chi connectivity index (χ3n) is 7.22. The van der Waals surface area contributed by atoms with Gasteiger partial charge < -0.3 is 10.3 Å². The van der Waals surface area contributed by atoms with Gasteiger partial charge in [-0.2, -0.15) is 0 Å². The zero-order valence-electron chi connectivity index (χ0n) is 17.1. The molecule has 158 valence electrons. The molecule has 0 unspecified atom stereocenters. The number of hydrogen-bond acceptors (Lipinski definition) is 5. The minimum absolute atomic E-state index is 0.229. The number of H-pyrrole nitrogens is 1. The monoisotopic (exact) mass is 420 g/mol. The first-order chi connectivity index (χ1) is 15.1. The lowest BCUT2D eigenvalue weighted by Gasteiger charge is -2.47. The summed E-state index contributed by atoms with van der Waals surface area (Å²) < 4.78 is 28.1. The lowest BCUT2D eigenvalue weighted by molar-refractivity contribution is 0.0928. The number of nitrogens with one attached hydrogen (secondary N) is 2. The van der Waals surface area contributed by atoms with Crippen molar-refractivity contribution in [3.8, 4) is 11.4 Å². The summed E-state index contributed by atoms with van der Waals surface area (Å²) in [6, 6.07) is 2.48. The first-order valence-corrected chi connectivity index (χ1v) is 10.8. The lowest BCUT2D eigenvalue weighted by Crippen LogP contribution is -2.47. The average Bonchev–Trinajstić information content (AvgIpc) is 3.20. The van der Waals surface area contributed by atoms with Crippen LogP contribution in [-0.4, -0.2) is 31.0 Å². The molecule has 1 aromatic carbocycles. The Labute approximate surface area is 177 Å². The fourth-order valence-electron chi connectivity index (χ4n) is 5.58. The van der Waals surface area contributed by atoms with Crippen LogP contribution in [0.5, 0.6) is 0 Å². The van der Waals surface area contributed by atoms with Gasteiger partial charge in [-0.15, -0.1) is 0 Å². The van der Waals surface area contributed by atoms with Gasteiger partial charge in [0.1, 0.15) is 17.2 Å². The average molecular weight is 420 g/mol. The van der Waals surface area contributed by atoms with Crippen LogP contribution in [0.15, 0.2) is 30.7 Å². The molecule has 2 atom stereocenters. The van der Waals surface area contributed by atoms with Gasteiger partial charge in [0.2, 0.25) is 0 Å². The molecule has 8 heteroatoms. The van der Waals surface area contributed by atoms with E-state index in [4.69, 9.17) is 4.98 Å². The van der Waals surface area contributed by atoms with Crippen LogP contribution >= 0.6 is 0 Å². The molecular formula is C23H22F2N6. The van der Waals surface area contributed by atoms with Crippen LogP contribution in [0.1, 0.15) is 32.6 Å². The summed E-state index contributed by atoms with van der Waals surface area (Å²) in [5, 5.41) is 4.07. The van der Waals surface area contributed by atoms with Gasteiger partial charge in [-0.3, -0.25) is 0 Å². The fourth-order valence-corrected chi connectivity index (χ4v) is 5.58. The first kappa shape index (κ1) is 18.6. The normalized spacial score (nSPS) is 25.4. The van der Waals surface area contributed by atoms with Gasteiger partial charge in [-0.25, -0.2) is 28.7 Å².